The molecule has 1 heterocycles. The Morgan fingerprint density at radius 1 is 1.17 bits per heavy atom. The van der Waals surface area contributed by atoms with Crippen LogP contribution < -0.4 is 12.4 Å². The summed E-state index contributed by atoms with van der Waals surface area (Å²) in [6.45, 7) is 2.15. The van der Waals surface area contributed by atoms with Crippen LogP contribution in [0.15, 0.2) is 0 Å². The fraction of sp³-hybridized carbons (Fsp3) is 0.875. The maximum Gasteiger partial charge on any atom is 0.317 e. The van der Waals surface area contributed by atoms with Gasteiger partial charge in [0.2, 0.25) is 0 Å². The summed E-state index contributed by atoms with van der Waals surface area (Å²) in [5.41, 5.74) is 0. The first-order chi connectivity index (χ1) is 5.29. The van der Waals surface area contributed by atoms with Crippen molar-refractivity contribution >= 4 is 5.97 Å². The van der Waals surface area contributed by atoms with Crippen LogP contribution in [0.5, 0.6) is 0 Å². The molecule has 3 nitrogen and oxygen atoms in total. The first-order valence-corrected chi connectivity index (χ1v) is 4.23. The molecule has 0 atom stereocenters. The van der Waals surface area contributed by atoms with E-state index in [1.54, 1.807) is 0 Å². The molecule has 1 N–H and O–H groups in total. The highest BCUT2D eigenvalue weighted by Crippen LogP contribution is 2.08. The molecule has 1 saturated heterocycles. The Hall–Kier alpha value is -0.280. The van der Waals surface area contributed by atoms with Crippen LogP contribution in [-0.2, 0) is 4.79 Å². The maximum absolute atomic E-state index is 10.3. The molecule has 72 valence electrons. The first kappa shape index (κ1) is 11.7. The zero-order valence-corrected chi connectivity index (χ0v) is 7.89. The summed E-state index contributed by atoms with van der Waals surface area (Å²) in [5, 5.41) is 8.52. The van der Waals surface area contributed by atoms with Gasteiger partial charge in [0.15, 0.2) is 0 Å². The molecule has 0 aromatic heterocycles. The van der Waals surface area contributed by atoms with Gasteiger partial charge in [0, 0.05) is 0 Å². The van der Waals surface area contributed by atoms with Crippen molar-refractivity contribution in [1.82, 2.24) is 4.90 Å². The zero-order valence-electron chi connectivity index (χ0n) is 7.13. The number of rotatable bonds is 2. The van der Waals surface area contributed by atoms with Crippen molar-refractivity contribution in [3.8, 4) is 0 Å². The molecule has 1 fully saturated rings. The van der Waals surface area contributed by atoms with Crippen molar-refractivity contribution in [3.63, 3.8) is 0 Å². The van der Waals surface area contributed by atoms with Crippen LogP contribution >= 0.6 is 0 Å². The summed E-state index contributed by atoms with van der Waals surface area (Å²) in [7, 11) is 0. The standard InChI is InChI=1S/C8H15NO2.ClH/c10-8(11)7-9-5-3-1-2-4-6-9;/h1-7H2,(H,10,11);1H/p-1. The van der Waals surface area contributed by atoms with Gasteiger partial charge in [-0.05, 0) is 25.9 Å². The van der Waals surface area contributed by atoms with E-state index in [1.165, 1.54) is 12.8 Å². The summed E-state index contributed by atoms with van der Waals surface area (Å²) in [4.78, 5) is 12.4. The van der Waals surface area contributed by atoms with Gasteiger partial charge >= 0.3 is 5.97 Å². The monoisotopic (exact) mass is 192 g/mol. The second-order valence-electron chi connectivity index (χ2n) is 3.08. The van der Waals surface area contributed by atoms with Gasteiger partial charge < -0.3 is 17.5 Å². The smallest absolute Gasteiger partial charge is 0.317 e. The number of nitrogens with zero attached hydrogens (tertiary/aromatic N) is 1. The Morgan fingerprint density at radius 2 is 1.67 bits per heavy atom. The minimum Gasteiger partial charge on any atom is -1.00 e. The highest BCUT2D eigenvalue weighted by atomic mass is 35.5. The molecule has 1 rings (SSSR count). The lowest BCUT2D eigenvalue weighted by atomic mass is 10.2. The van der Waals surface area contributed by atoms with Crippen molar-refractivity contribution < 1.29 is 22.3 Å². The number of halogens is 1. The number of hydrogen-bond acceptors (Lipinski definition) is 2. The average Bonchev–Trinajstić information content (AvgIpc) is 2.14. The fourth-order valence-electron chi connectivity index (χ4n) is 1.49. The molecular weight excluding hydrogens is 178 g/mol. The van der Waals surface area contributed by atoms with Gasteiger partial charge in [-0.2, -0.15) is 0 Å². The fourth-order valence-corrected chi connectivity index (χ4v) is 1.49. The number of hydrogen-bond donors (Lipinski definition) is 1. The third kappa shape index (κ3) is 4.57. The van der Waals surface area contributed by atoms with Gasteiger partial charge in [0.05, 0.1) is 6.54 Å². The Kier molecular flexibility index (Phi) is 6.11. The largest absolute Gasteiger partial charge is 1.00 e. The number of aliphatic carboxylic acids is 1. The Labute approximate surface area is 79.2 Å². The van der Waals surface area contributed by atoms with Crippen molar-refractivity contribution in [2.24, 2.45) is 0 Å². The van der Waals surface area contributed by atoms with Crippen LogP contribution in [-0.4, -0.2) is 35.6 Å². The van der Waals surface area contributed by atoms with E-state index in [9.17, 15) is 4.79 Å². The van der Waals surface area contributed by atoms with Crippen LogP contribution in [0, 0.1) is 0 Å². The number of carboxylic acid groups (broad SMARTS) is 1. The molecule has 0 radical (unpaired) electrons. The SMILES string of the molecule is O=C(O)CN1CCCCCC1.[Cl-]. The van der Waals surface area contributed by atoms with E-state index in [4.69, 9.17) is 5.11 Å². The Balaban J connectivity index is 0.00000121. The van der Waals surface area contributed by atoms with Crippen LogP contribution in [0.2, 0.25) is 0 Å². The van der Waals surface area contributed by atoms with Crippen molar-refractivity contribution in [3.05, 3.63) is 0 Å². The van der Waals surface area contributed by atoms with E-state index < -0.39 is 5.97 Å². The second kappa shape index (κ2) is 6.26. The van der Waals surface area contributed by atoms with E-state index in [0.29, 0.717) is 0 Å². The molecule has 0 aliphatic carbocycles. The second-order valence-corrected chi connectivity index (χ2v) is 3.08. The Morgan fingerprint density at radius 3 is 2.08 bits per heavy atom. The molecule has 0 saturated carbocycles. The van der Waals surface area contributed by atoms with Crippen LogP contribution in [0.3, 0.4) is 0 Å². The third-order valence-corrected chi connectivity index (χ3v) is 2.06. The van der Waals surface area contributed by atoms with Gasteiger partial charge in [0.1, 0.15) is 0 Å². The molecular formula is C8H15ClNO2-. The summed E-state index contributed by atoms with van der Waals surface area (Å²) >= 11 is 0. The molecule has 0 amide bonds. The molecule has 0 bridgehead atoms. The molecule has 0 aromatic rings. The molecule has 0 spiro atoms. The van der Waals surface area contributed by atoms with Gasteiger partial charge in [-0.3, -0.25) is 9.69 Å². The lowest BCUT2D eigenvalue weighted by molar-refractivity contribution is -0.138. The van der Waals surface area contributed by atoms with Gasteiger partial charge in [-0.25, -0.2) is 0 Å². The van der Waals surface area contributed by atoms with Crippen LogP contribution in [0.1, 0.15) is 25.7 Å². The number of carbonyl (C=O) groups is 1. The molecule has 0 aromatic carbocycles. The molecule has 0 unspecified atom stereocenters. The average molecular weight is 193 g/mol. The number of carboxylic acids is 1. The van der Waals surface area contributed by atoms with Crippen LogP contribution in [0.25, 0.3) is 0 Å². The van der Waals surface area contributed by atoms with Gasteiger partial charge in [-0.1, -0.05) is 12.8 Å². The number of likely N-dealkylation sites (tertiary alicyclic amines) is 1. The minimum absolute atomic E-state index is 0. The van der Waals surface area contributed by atoms with Crippen LogP contribution in [0.4, 0.5) is 0 Å². The molecule has 12 heavy (non-hydrogen) atoms. The van der Waals surface area contributed by atoms with E-state index in [2.05, 4.69) is 0 Å². The Bertz CT molecular complexity index is 133. The third-order valence-electron chi connectivity index (χ3n) is 2.06. The highest BCUT2D eigenvalue weighted by molar-refractivity contribution is 5.69. The molecule has 1 aliphatic heterocycles. The lowest BCUT2D eigenvalue weighted by Crippen LogP contribution is -3.00. The van der Waals surface area contributed by atoms with Gasteiger partial charge in [0.25, 0.3) is 0 Å². The van der Waals surface area contributed by atoms with Crippen molar-refractivity contribution in [2.75, 3.05) is 19.6 Å². The highest BCUT2D eigenvalue weighted by Gasteiger charge is 2.10. The summed E-state index contributed by atoms with van der Waals surface area (Å²) in [6.07, 6.45) is 4.84. The normalized spacial score (nSPS) is 19.3. The summed E-state index contributed by atoms with van der Waals surface area (Å²) < 4.78 is 0. The molecule has 1 aliphatic rings. The summed E-state index contributed by atoms with van der Waals surface area (Å²) in [6, 6.07) is 0. The molecule has 4 heteroatoms. The lowest BCUT2D eigenvalue weighted by Gasteiger charge is -2.16. The zero-order chi connectivity index (χ0) is 8.10. The van der Waals surface area contributed by atoms with Crippen molar-refractivity contribution in [1.29, 1.82) is 0 Å². The van der Waals surface area contributed by atoms with Gasteiger partial charge in [-0.15, -0.1) is 0 Å². The predicted octanol–water partition coefficient (Wildman–Crippen LogP) is -2.05. The topological polar surface area (TPSA) is 40.5 Å². The first-order valence-electron chi connectivity index (χ1n) is 4.23. The van der Waals surface area contributed by atoms with E-state index >= 15 is 0 Å². The van der Waals surface area contributed by atoms with E-state index in [0.717, 1.165) is 25.9 Å². The van der Waals surface area contributed by atoms with Crippen molar-refractivity contribution in [2.45, 2.75) is 25.7 Å². The van der Waals surface area contributed by atoms with E-state index in [-0.39, 0.29) is 19.0 Å². The minimum atomic E-state index is -0.702. The van der Waals surface area contributed by atoms with E-state index in [1.807, 2.05) is 4.90 Å². The predicted molar refractivity (Wildman–Crippen MR) is 42.5 cm³/mol. The quantitative estimate of drug-likeness (QED) is 0.548. The summed E-state index contributed by atoms with van der Waals surface area (Å²) in [5.74, 6) is -0.702. The maximum atomic E-state index is 10.3.